The number of anilines is 2. The predicted molar refractivity (Wildman–Crippen MR) is 281 cm³/mol. The van der Waals surface area contributed by atoms with Gasteiger partial charge in [-0.15, -0.1) is 11.3 Å². The van der Waals surface area contributed by atoms with E-state index in [9.17, 15) is 38.4 Å². The number of carbonyl (C=O) groups excluding carboxylic acids is 4. The first kappa shape index (κ1) is 50.3. The molecule has 9 heterocycles. The highest BCUT2D eigenvalue weighted by Crippen LogP contribution is 2.23. The second-order valence-corrected chi connectivity index (χ2v) is 20.1. The number of aryl methyl sites for hydroxylation is 2. The van der Waals surface area contributed by atoms with Crippen molar-refractivity contribution in [3.05, 3.63) is 142 Å². The zero-order valence-corrected chi connectivity index (χ0v) is 42.8. The highest BCUT2D eigenvalue weighted by atomic mass is 35.5. The normalized spacial score (nSPS) is 17.2. The minimum Gasteiger partial charge on any atom is -0.367 e. The first-order valence-corrected chi connectivity index (χ1v) is 25.2. The second-order valence-electron chi connectivity index (χ2n) is 18.5. The summed E-state index contributed by atoms with van der Waals surface area (Å²) < 4.78 is 7.34. The third-order valence-electron chi connectivity index (χ3n) is 13.8. The smallest absolute Gasteiger partial charge is 0.332 e. The Balaban J connectivity index is 0.714. The van der Waals surface area contributed by atoms with Crippen LogP contribution in [0.2, 0.25) is 5.02 Å². The van der Waals surface area contributed by atoms with Crippen LogP contribution < -0.4 is 38.0 Å². The number of amidine groups is 1. The fourth-order valence-corrected chi connectivity index (χ4v) is 10.8. The number of amides is 4. The van der Waals surface area contributed by atoms with Crippen LogP contribution in [0.1, 0.15) is 31.8 Å². The minimum atomic E-state index is -0.635. The van der Waals surface area contributed by atoms with Crippen molar-refractivity contribution in [3.8, 4) is 0 Å². The topological polar surface area (TPSA) is 254 Å². The lowest BCUT2D eigenvalue weighted by Gasteiger charge is -2.40. The number of thiophene rings is 1. The van der Waals surface area contributed by atoms with E-state index in [0.29, 0.717) is 84.4 Å². The van der Waals surface area contributed by atoms with Crippen molar-refractivity contribution in [1.29, 1.82) is 0 Å². The number of imidazole rings is 2. The summed E-state index contributed by atoms with van der Waals surface area (Å²) in [6.45, 7) is 5.64. The van der Waals surface area contributed by atoms with Crippen molar-refractivity contribution in [2.24, 2.45) is 26.1 Å². The van der Waals surface area contributed by atoms with Crippen molar-refractivity contribution in [2.45, 2.75) is 38.6 Å². The number of carbonyl (C=O) groups is 4. The molecule has 0 bridgehead atoms. The van der Waals surface area contributed by atoms with Gasteiger partial charge >= 0.3 is 11.4 Å². The van der Waals surface area contributed by atoms with Gasteiger partial charge in [0.15, 0.2) is 22.3 Å². The molecule has 3 aliphatic rings. The summed E-state index contributed by atoms with van der Waals surface area (Å²) in [7, 11) is 4.38. The highest BCUT2D eigenvalue weighted by molar-refractivity contribution is 7.14. The van der Waals surface area contributed by atoms with Crippen LogP contribution in [-0.2, 0) is 50.4 Å². The van der Waals surface area contributed by atoms with Gasteiger partial charge in [-0.05, 0) is 61.5 Å². The van der Waals surface area contributed by atoms with Gasteiger partial charge in [0, 0.05) is 89.0 Å². The van der Waals surface area contributed by atoms with E-state index in [1.165, 1.54) is 63.4 Å². The lowest BCUT2D eigenvalue weighted by Crippen LogP contribution is -2.54. The molecule has 2 fully saturated rings. The molecule has 24 nitrogen and oxygen atoms in total. The first-order chi connectivity index (χ1) is 36.0. The number of aromatic nitrogens is 9. The van der Waals surface area contributed by atoms with Crippen LogP contribution in [0.5, 0.6) is 0 Å². The summed E-state index contributed by atoms with van der Waals surface area (Å²) in [6.07, 6.45) is 8.06. The predicted octanol–water partition coefficient (Wildman–Crippen LogP) is 0.703. The van der Waals surface area contributed by atoms with Crippen molar-refractivity contribution in [2.75, 3.05) is 62.6 Å². The Morgan fingerprint density at radius 1 is 0.680 bits per heavy atom. The molecule has 10 rings (SSSR count). The SMILES string of the molecule is CC1N=C(NC(=O)Cn2cnc3c2c(=O)n(C)c(=O)n3C)C=CC1N1CCN(C(=O)c2ccc(Cn3c(=O)c4c(ncn4CC(=O)Nc4ccc(N5CCN(C(=O)c6ccc(Cl)cc6)CC5)cn4)n(C)c3=O)s2)CC1. The van der Waals surface area contributed by atoms with E-state index in [1.54, 1.807) is 64.5 Å². The molecular weight excluding hydrogens is 1010 g/mol. The van der Waals surface area contributed by atoms with Crippen LogP contribution in [0.15, 0.2) is 104 Å². The zero-order valence-electron chi connectivity index (χ0n) is 41.3. The number of fused-ring (bicyclic) bond motifs is 2. The lowest BCUT2D eigenvalue weighted by atomic mass is 10.0. The highest BCUT2D eigenvalue weighted by Gasteiger charge is 2.31. The molecular formula is C49H51ClN16O8S. The standard InChI is InChI=1S/C49H51ClN16O8S/c1-29-34(11-14-37(54-29)56-39(68)26-64-27-52-42-40(64)46(71)59(4)48(73)57(42)2)61-17-21-63(22-18-61)45(70)35-12-10-33(75-35)24-66-47(72)41-43(58(3)49(66)74)53-28-65(41)25-38(67)55-36-13-9-32(23-51-36)60-15-19-62(20-16-60)44(69)30-5-7-31(50)8-6-30/h5-14,23,27-29,34H,15-22,24-26H2,1-4H3,(H,51,55,67)(H,54,56,68). The third-order valence-corrected chi connectivity index (χ3v) is 15.1. The molecule has 2 atom stereocenters. The van der Waals surface area contributed by atoms with Gasteiger partial charge < -0.3 is 34.5 Å². The monoisotopic (exact) mass is 1060 g/mol. The van der Waals surface area contributed by atoms with Crippen LogP contribution in [-0.4, -0.2) is 151 Å². The van der Waals surface area contributed by atoms with Crippen molar-refractivity contribution >= 4 is 86.2 Å². The molecule has 388 valence electrons. The van der Waals surface area contributed by atoms with Gasteiger partial charge in [0.05, 0.1) is 48.0 Å². The number of benzene rings is 1. The van der Waals surface area contributed by atoms with E-state index < -0.39 is 34.3 Å². The van der Waals surface area contributed by atoms with Crippen LogP contribution >= 0.6 is 22.9 Å². The number of aliphatic imine (C=N–C) groups is 1. The number of rotatable bonds is 11. The molecule has 4 amide bonds. The molecule has 1 aromatic carbocycles. The number of dihydropyridines is 1. The molecule has 0 saturated carbocycles. The van der Waals surface area contributed by atoms with Crippen molar-refractivity contribution in [3.63, 3.8) is 0 Å². The van der Waals surface area contributed by atoms with Crippen LogP contribution in [0.4, 0.5) is 11.5 Å². The van der Waals surface area contributed by atoms with Crippen molar-refractivity contribution < 1.29 is 19.2 Å². The third kappa shape index (κ3) is 9.95. The summed E-state index contributed by atoms with van der Waals surface area (Å²) in [5.41, 5.74) is -0.388. The Labute approximate surface area is 435 Å². The molecule has 7 aromatic rings. The molecule has 26 heteroatoms. The summed E-state index contributed by atoms with van der Waals surface area (Å²) in [5, 5.41) is 6.14. The summed E-state index contributed by atoms with van der Waals surface area (Å²) >= 11 is 7.18. The van der Waals surface area contributed by atoms with Crippen LogP contribution in [0.3, 0.4) is 0 Å². The fourth-order valence-electron chi connectivity index (χ4n) is 9.66. The molecule has 0 spiro atoms. The second kappa shape index (κ2) is 20.6. The summed E-state index contributed by atoms with van der Waals surface area (Å²) in [6, 6.07) is 13.5. The quantitative estimate of drug-likeness (QED) is 0.181. The Morgan fingerprint density at radius 2 is 1.29 bits per heavy atom. The maximum atomic E-state index is 14.0. The maximum absolute atomic E-state index is 14.0. The van der Waals surface area contributed by atoms with Gasteiger partial charge in [-0.1, -0.05) is 17.7 Å². The number of pyridine rings is 1. The number of piperazine rings is 2. The molecule has 2 N–H and O–H groups in total. The largest absolute Gasteiger partial charge is 0.367 e. The van der Waals surface area contributed by atoms with E-state index in [0.717, 1.165) is 14.8 Å². The molecule has 2 unspecified atom stereocenters. The minimum absolute atomic E-state index is 0.0548. The lowest BCUT2D eigenvalue weighted by molar-refractivity contribution is -0.120. The van der Waals surface area contributed by atoms with Gasteiger partial charge in [-0.3, -0.25) is 56.9 Å². The van der Waals surface area contributed by atoms with E-state index in [-0.39, 0.29) is 65.9 Å². The van der Waals surface area contributed by atoms with Gasteiger partial charge in [-0.2, -0.15) is 0 Å². The molecule has 2 saturated heterocycles. The number of hydrogen-bond donors (Lipinski definition) is 2. The van der Waals surface area contributed by atoms with Gasteiger partial charge in [-0.25, -0.2) is 24.5 Å². The van der Waals surface area contributed by atoms with Gasteiger partial charge in [0.2, 0.25) is 11.8 Å². The Kier molecular flexibility index (Phi) is 13.8. The average Bonchev–Trinajstić information content (AvgIpc) is 4.19. The van der Waals surface area contributed by atoms with E-state index in [4.69, 9.17) is 16.6 Å². The van der Waals surface area contributed by atoms with Crippen LogP contribution in [0, 0.1) is 0 Å². The summed E-state index contributed by atoms with van der Waals surface area (Å²) in [4.78, 5) is 132. The average molecular weight is 1060 g/mol. The number of hydrogen-bond acceptors (Lipinski definition) is 15. The Bertz CT molecular complexity index is 3720. The van der Waals surface area contributed by atoms with Gasteiger partial charge in [0.1, 0.15) is 24.7 Å². The number of nitrogens with zero attached hydrogens (tertiary/aromatic N) is 14. The Hall–Kier alpha value is -8.29. The maximum Gasteiger partial charge on any atom is 0.332 e. The van der Waals surface area contributed by atoms with Crippen LogP contribution in [0.25, 0.3) is 22.3 Å². The molecule has 0 aliphatic carbocycles. The molecule has 75 heavy (non-hydrogen) atoms. The molecule has 0 radical (unpaired) electrons. The van der Waals surface area contributed by atoms with E-state index in [2.05, 4.69) is 35.4 Å². The number of halogens is 1. The Morgan fingerprint density at radius 3 is 1.93 bits per heavy atom. The number of nitrogens with one attached hydrogen (secondary N) is 2. The zero-order chi connectivity index (χ0) is 52.8. The van der Waals surface area contributed by atoms with E-state index in [1.807, 2.05) is 19.1 Å². The van der Waals surface area contributed by atoms with Gasteiger partial charge in [0.25, 0.3) is 22.9 Å². The first-order valence-electron chi connectivity index (χ1n) is 24.0. The molecule has 3 aliphatic heterocycles. The fraction of sp³-hybridized carbons (Fsp3) is 0.347. The van der Waals surface area contributed by atoms with E-state index >= 15 is 0 Å². The van der Waals surface area contributed by atoms with Crippen molar-refractivity contribution in [1.82, 2.24) is 62.4 Å². The summed E-state index contributed by atoms with van der Waals surface area (Å²) in [5.74, 6) is -0.438. The molecule has 6 aromatic heterocycles.